The summed E-state index contributed by atoms with van der Waals surface area (Å²) in [5.74, 6) is -0.0564. The summed E-state index contributed by atoms with van der Waals surface area (Å²) in [6.07, 6.45) is 0.328. The number of nitrogens with one attached hydrogen (secondary N) is 1. The van der Waals surface area contributed by atoms with E-state index in [0.29, 0.717) is 17.8 Å². The molecule has 82 valence electrons. The second-order valence-electron chi connectivity index (χ2n) is 2.70. The van der Waals surface area contributed by atoms with Gasteiger partial charge in [0.1, 0.15) is 5.84 Å². The van der Waals surface area contributed by atoms with E-state index in [-0.39, 0.29) is 11.7 Å². The third-order valence-electron chi connectivity index (χ3n) is 1.59. The van der Waals surface area contributed by atoms with E-state index in [4.69, 9.17) is 10.9 Å². The van der Waals surface area contributed by atoms with Gasteiger partial charge in [-0.3, -0.25) is 4.79 Å². The van der Waals surface area contributed by atoms with Gasteiger partial charge < -0.3 is 16.3 Å². The summed E-state index contributed by atoms with van der Waals surface area (Å²) in [6.45, 7) is 0.351. The van der Waals surface area contributed by atoms with Gasteiger partial charge >= 0.3 is 0 Å². The highest BCUT2D eigenvalue weighted by Gasteiger charge is 2.07. The number of oxime groups is 1. The van der Waals surface area contributed by atoms with E-state index < -0.39 is 0 Å². The van der Waals surface area contributed by atoms with Gasteiger partial charge in [-0.2, -0.15) is 0 Å². The van der Waals surface area contributed by atoms with E-state index in [1.165, 1.54) is 11.3 Å². The Morgan fingerprint density at radius 2 is 2.40 bits per heavy atom. The zero-order valence-corrected chi connectivity index (χ0v) is 10.1. The number of amides is 1. The minimum atomic E-state index is -0.156. The Morgan fingerprint density at radius 1 is 1.67 bits per heavy atom. The molecule has 0 aliphatic heterocycles. The van der Waals surface area contributed by atoms with E-state index in [0.717, 1.165) is 3.79 Å². The standard InChI is InChI=1S/C8H10BrN3O2S/c9-6-2-1-5(15-6)8(13)11-4-3-7(10)12-14/h1-2,14H,3-4H2,(H2,10,12)(H,11,13). The zero-order chi connectivity index (χ0) is 11.3. The summed E-state index contributed by atoms with van der Waals surface area (Å²) >= 11 is 4.62. The molecule has 0 aliphatic rings. The monoisotopic (exact) mass is 291 g/mol. The van der Waals surface area contributed by atoms with Crippen molar-refractivity contribution < 1.29 is 10.0 Å². The van der Waals surface area contributed by atoms with Crippen molar-refractivity contribution >= 4 is 39.0 Å². The molecule has 1 heterocycles. The number of carbonyl (C=O) groups excluding carboxylic acids is 1. The minimum Gasteiger partial charge on any atom is -0.409 e. The average Bonchev–Trinajstić information content (AvgIpc) is 2.64. The Bertz CT molecular complexity index is 378. The van der Waals surface area contributed by atoms with Gasteiger partial charge in [0, 0.05) is 13.0 Å². The molecule has 1 rings (SSSR count). The quantitative estimate of drug-likeness (QED) is 0.339. The number of amidine groups is 1. The van der Waals surface area contributed by atoms with Gasteiger partial charge in [0.15, 0.2) is 0 Å². The van der Waals surface area contributed by atoms with Gasteiger partial charge in [0.25, 0.3) is 5.91 Å². The van der Waals surface area contributed by atoms with Crippen LogP contribution in [0.5, 0.6) is 0 Å². The molecule has 0 saturated carbocycles. The number of halogens is 1. The van der Waals surface area contributed by atoms with Crippen LogP contribution in [0.25, 0.3) is 0 Å². The van der Waals surface area contributed by atoms with Crippen LogP contribution in [-0.4, -0.2) is 23.5 Å². The van der Waals surface area contributed by atoms with E-state index >= 15 is 0 Å². The first-order chi connectivity index (χ1) is 7.13. The lowest BCUT2D eigenvalue weighted by Gasteiger charge is -2.01. The molecule has 0 spiro atoms. The van der Waals surface area contributed by atoms with Crippen molar-refractivity contribution in [1.82, 2.24) is 5.32 Å². The Labute approximate surface area is 99.1 Å². The van der Waals surface area contributed by atoms with Crippen LogP contribution in [0, 0.1) is 0 Å². The Morgan fingerprint density at radius 3 is 2.93 bits per heavy atom. The molecule has 0 atom stereocenters. The van der Waals surface area contributed by atoms with Crippen LogP contribution in [-0.2, 0) is 0 Å². The molecule has 5 nitrogen and oxygen atoms in total. The molecule has 0 unspecified atom stereocenters. The highest BCUT2D eigenvalue weighted by Crippen LogP contribution is 2.21. The fourth-order valence-electron chi connectivity index (χ4n) is 0.878. The number of carbonyl (C=O) groups is 1. The maximum absolute atomic E-state index is 11.5. The molecule has 15 heavy (non-hydrogen) atoms. The molecular formula is C8H10BrN3O2S. The topological polar surface area (TPSA) is 87.7 Å². The molecule has 7 heteroatoms. The number of hydrogen-bond donors (Lipinski definition) is 3. The van der Waals surface area contributed by atoms with Crippen LogP contribution in [0.15, 0.2) is 21.1 Å². The van der Waals surface area contributed by atoms with Crippen molar-refractivity contribution in [3.05, 3.63) is 20.8 Å². The SMILES string of the molecule is NC(CCNC(=O)c1ccc(Br)s1)=NO. The Hall–Kier alpha value is -1.08. The van der Waals surface area contributed by atoms with Crippen molar-refractivity contribution in [3.8, 4) is 0 Å². The second kappa shape index (κ2) is 5.72. The third-order valence-corrected chi connectivity index (χ3v) is 3.21. The van der Waals surface area contributed by atoms with Crippen molar-refractivity contribution in [2.75, 3.05) is 6.54 Å². The van der Waals surface area contributed by atoms with Crippen molar-refractivity contribution in [2.24, 2.45) is 10.9 Å². The summed E-state index contributed by atoms with van der Waals surface area (Å²) in [6, 6.07) is 3.54. The molecular weight excluding hydrogens is 282 g/mol. The third kappa shape index (κ3) is 3.88. The molecule has 4 N–H and O–H groups in total. The van der Waals surface area contributed by atoms with Crippen molar-refractivity contribution in [1.29, 1.82) is 0 Å². The number of hydrogen-bond acceptors (Lipinski definition) is 4. The number of nitrogens with two attached hydrogens (primary N) is 1. The summed E-state index contributed by atoms with van der Waals surface area (Å²) in [4.78, 5) is 12.1. The van der Waals surface area contributed by atoms with Gasteiger partial charge in [-0.05, 0) is 28.1 Å². The van der Waals surface area contributed by atoms with E-state index in [2.05, 4.69) is 26.4 Å². The summed E-state index contributed by atoms with van der Waals surface area (Å²) in [5.41, 5.74) is 5.25. The summed E-state index contributed by atoms with van der Waals surface area (Å²) in [7, 11) is 0. The normalized spacial score (nSPS) is 11.4. The van der Waals surface area contributed by atoms with Crippen LogP contribution in [0.3, 0.4) is 0 Å². The first-order valence-corrected chi connectivity index (χ1v) is 5.74. The largest absolute Gasteiger partial charge is 0.409 e. The molecule has 0 radical (unpaired) electrons. The second-order valence-corrected chi connectivity index (χ2v) is 5.16. The van der Waals surface area contributed by atoms with Gasteiger partial charge in [0.2, 0.25) is 0 Å². The van der Waals surface area contributed by atoms with Crippen LogP contribution >= 0.6 is 27.3 Å². The first-order valence-electron chi connectivity index (χ1n) is 4.13. The lowest BCUT2D eigenvalue weighted by molar-refractivity contribution is 0.0958. The van der Waals surface area contributed by atoms with Crippen LogP contribution in [0.1, 0.15) is 16.1 Å². The van der Waals surface area contributed by atoms with Crippen molar-refractivity contribution in [3.63, 3.8) is 0 Å². The maximum Gasteiger partial charge on any atom is 0.261 e. The molecule has 1 aromatic rings. The Kier molecular flexibility index (Phi) is 4.57. The maximum atomic E-state index is 11.5. The van der Waals surface area contributed by atoms with Gasteiger partial charge in [-0.25, -0.2) is 0 Å². The molecule has 0 fully saturated rings. The average molecular weight is 292 g/mol. The number of nitrogens with zero attached hydrogens (tertiary/aromatic N) is 1. The van der Waals surface area contributed by atoms with Gasteiger partial charge in [-0.15, -0.1) is 11.3 Å². The van der Waals surface area contributed by atoms with Gasteiger partial charge in [0.05, 0.1) is 8.66 Å². The fraction of sp³-hybridized carbons (Fsp3) is 0.250. The summed E-state index contributed by atoms with van der Waals surface area (Å²) < 4.78 is 0.907. The Balaban J connectivity index is 2.37. The van der Waals surface area contributed by atoms with E-state index in [1.54, 1.807) is 6.07 Å². The first kappa shape index (κ1) is 12.0. The van der Waals surface area contributed by atoms with E-state index in [9.17, 15) is 4.79 Å². The van der Waals surface area contributed by atoms with Crippen LogP contribution < -0.4 is 11.1 Å². The molecule has 1 amide bonds. The molecule has 1 aromatic heterocycles. The van der Waals surface area contributed by atoms with Crippen molar-refractivity contribution in [2.45, 2.75) is 6.42 Å². The minimum absolute atomic E-state index is 0.0997. The van der Waals surface area contributed by atoms with E-state index in [1.807, 2.05) is 6.07 Å². The molecule has 0 aromatic carbocycles. The number of rotatable bonds is 4. The highest BCUT2D eigenvalue weighted by molar-refractivity contribution is 9.11. The molecule has 0 saturated heterocycles. The molecule has 0 aliphatic carbocycles. The van der Waals surface area contributed by atoms with Gasteiger partial charge in [-0.1, -0.05) is 5.16 Å². The van der Waals surface area contributed by atoms with Crippen LogP contribution in [0.4, 0.5) is 0 Å². The smallest absolute Gasteiger partial charge is 0.261 e. The lowest BCUT2D eigenvalue weighted by Crippen LogP contribution is -2.27. The fourth-order valence-corrected chi connectivity index (χ4v) is 2.18. The van der Waals surface area contributed by atoms with Crippen LogP contribution in [0.2, 0.25) is 0 Å². The lowest BCUT2D eigenvalue weighted by atomic mass is 10.4. The zero-order valence-electron chi connectivity index (χ0n) is 7.74. The summed E-state index contributed by atoms with van der Waals surface area (Å²) in [5, 5.41) is 13.7. The highest BCUT2D eigenvalue weighted by atomic mass is 79.9. The predicted molar refractivity (Wildman–Crippen MR) is 62.4 cm³/mol. The predicted octanol–water partition coefficient (Wildman–Crippen LogP) is 1.38. The molecule has 0 bridgehead atoms. The number of thiophene rings is 1.